The summed E-state index contributed by atoms with van der Waals surface area (Å²) in [4.78, 5) is 35.7. The maximum atomic E-state index is 12.7. The van der Waals surface area contributed by atoms with Crippen molar-refractivity contribution in [2.45, 2.75) is 24.8 Å². The fourth-order valence-corrected chi connectivity index (χ4v) is 3.71. The van der Waals surface area contributed by atoms with Crippen LogP contribution in [0, 0.1) is 17.0 Å². The van der Waals surface area contributed by atoms with Crippen LogP contribution in [0.3, 0.4) is 0 Å². The molecule has 1 atom stereocenters. The van der Waals surface area contributed by atoms with E-state index in [-0.39, 0.29) is 40.7 Å². The minimum atomic E-state index is -3.73. The predicted octanol–water partition coefficient (Wildman–Crippen LogP) is 1.74. The number of anilines is 2. The Morgan fingerprint density at radius 1 is 1.18 bits per heavy atom. The number of sulfonamides is 1. The molecule has 2 aromatic carbocycles. The summed E-state index contributed by atoms with van der Waals surface area (Å²) in [7, 11) is -0.971. The van der Waals surface area contributed by atoms with E-state index in [0.717, 1.165) is 10.4 Å². The maximum Gasteiger partial charge on any atom is 0.341 e. The Kier molecular flexibility index (Phi) is 8.68. The molecular weight excluding hydrogens is 468 g/mol. The molecular formula is C21H26N4O8S. The summed E-state index contributed by atoms with van der Waals surface area (Å²) in [5.74, 6) is -1.72. The van der Waals surface area contributed by atoms with Gasteiger partial charge in [-0.3, -0.25) is 14.9 Å². The number of benzene rings is 2. The number of aryl methyl sites for hydroxylation is 1. The van der Waals surface area contributed by atoms with Gasteiger partial charge in [0.2, 0.25) is 10.0 Å². The van der Waals surface area contributed by atoms with Gasteiger partial charge < -0.3 is 20.5 Å². The summed E-state index contributed by atoms with van der Waals surface area (Å²) in [6, 6.07) is 7.73. The number of hydrogen-bond acceptors (Lipinski definition) is 9. The van der Waals surface area contributed by atoms with Gasteiger partial charge in [0, 0.05) is 44.1 Å². The molecule has 3 N–H and O–H groups in total. The Labute approximate surface area is 196 Å². The molecule has 0 fully saturated rings. The average molecular weight is 495 g/mol. The lowest BCUT2D eigenvalue weighted by Gasteiger charge is -2.17. The van der Waals surface area contributed by atoms with E-state index >= 15 is 0 Å². The molecule has 0 aliphatic carbocycles. The van der Waals surface area contributed by atoms with Crippen molar-refractivity contribution in [2.24, 2.45) is 0 Å². The third-order valence-electron chi connectivity index (χ3n) is 4.76. The summed E-state index contributed by atoms with van der Waals surface area (Å²) >= 11 is 0. The smallest absolute Gasteiger partial charge is 0.341 e. The van der Waals surface area contributed by atoms with Gasteiger partial charge in [0.1, 0.15) is 0 Å². The highest BCUT2D eigenvalue weighted by Gasteiger charge is 2.24. The van der Waals surface area contributed by atoms with Crippen LogP contribution in [0.2, 0.25) is 0 Å². The van der Waals surface area contributed by atoms with Crippen LogP contribution in [0.25, 0.3) is 0 Å². The second kappa shape index (κ2) is 11.0. The minimum absolute atomic E-state index is 0.0285. The first-order valence-corrected chi connectivity index (χ1v) is 11.5. The molecule has 0 bridgehead atoms. The van der Waals surface area contributed by atoms with E-state index in [1.54, 1.807) is 6.92 Å². The van der Waals surface area contributed by atoms with Crippen molar-refractivity contribution >= 4 is 39.0 Å². The lowest BCUT2D eigenvalue weighted by molar-refractivity contribution is -0.384. The topological polar surface area (TPSA) is 168 Å². The molecule has 0 aliphatic rings. The van der Waals surface area contributed by atoms with E-state index in [2.05, 4.69) is 10.6 Å². The number of nitrogens with zero attached hydrogens (tertiary/aromatic N) is 2. The molecule has 0 saturated carbocycles. The van der Waals surface area contributed by atoms with E-state index in [9.17, 15) is 28.1 Å². The van der Waals surface area contributed by atoms with Gasteiger partial charge >= 0.3 is 5.97 Å². The monoisotopic (exact) mass is 494 g/mol. The van der Waals surface area contributed by atoms with Crippen LogP contribution < -0.4 is 10.6 Å². The quantitative estimate of drug-likeness (QED) is 0.253. The van der Waals surface area contributed by atoms with Gasteiger partial charge in [0.25, 0.3) is 11.6 Å². The Morgan fingerprint density at radius 2 is 1.85 bits per heavy atom. The zero-order chi connectivity index (χ0) is 25.6. The van der Waals surface area contributed by atoms with Crippen molar-refractivity contribution in [1.82, 2.24) is 4.31 Å². The molecule has 2 aromatic rings. The van der Waals surface area contributed by atoms with Gasteiger partial charge in [-0.2, -0.15) is 0 Å². The zero-order valence-corrected chi connectivity index (χ0v) is 19.9. The number of nitrogens with one attached hydrogen (secondary N) is 2. The highest BCUT2D eigenvalue weighted by atomic mass is 32.2. The van der Waals surface area contributed by atoms with Crippen LogP contribution in [0.5, 0.6) is 0 Å². The van der Waals surface area contributed by atoms with E-state index in [1.165, 1.54) is 51.4 Å². The Morgan fingerprint density at radius 3 is 2.44 bits per heavy atom. The Bertz CT molecular complexity index is 1200. The number of aliphatic hydroxyl groups excluding tert-OH is 1. The molecule has 0 aliphatic heterocycles. The lowest BCUT2D eigenvalue weighted by Crippen LogP contribution is -2.30. The van der Waals surface area contributed by atoms with Crippen molar-refractivity contribution in [2.75, 3.05) is 37.9 Å². The molecule has 0 spiro atoms. The summed E-state index contributed by atoms with van der Waals surface area (Å²) in [5.41, 5.74) is 0.454. The Balaban J connectivity index is 2.23. The van der Waals surface area contributed by atoms with Gasteiger partial charge in [-0.25, -0.2) is 17.5 Å². The SMILES string of the molecule is Cc1ccc(S(=O)(=O)N(C)C)cc1NC(=O)C(C)OC(=O)c1cc([N+](=O)[O-])ccc1NCCO. The number of carbonyl (C=O) groups excluding carboxylic acids is 2. The first kappa shape index (κ1) is 26.7. The van der Waals surface area contributed by atoms with Gasteiger partial charge in [0.15, 0.2) is 6.10 Å². The van der Waals surface area contributed by atoms with E-state index < -0.39 is 32.9 Å². The van der Waals surface area contributed by atoms with E-state index in [1.807, 2.05) is 0 Å². The number of amides is 1. The zero-order valence-electron chi connectivity index (χ0n) is 19.1. The molecule has 13 heteroatoms. The van der Waals surface area contributed by atoms with Crippen LogP contribution in [0.4, 0.5) is 17.1 Å². The number of rotatable bonds is 10. The van der Waals surface area contributed by atoms with E-state index in [4.69, 9.17) is 9.84 Å². The second-order valence-corrected chi connectivity index (χ2v) is 9.59. The van der Waals surface area contributed by atoms with Crippen molar-refractivity contribution in [1.29, 1.82) is 0 Å². The van der Waals surface area contributed by atoms with Crippen LogP contribution in [-0.2, 0) is 19.6 Å². The number of nitro benzene ring substituents is 1. The highest BCUT2D eigenvalue weighted by Crippen LogP contribution is 2.25. The number of carbonyl (C=O) groups is 2. The number of ether oxygens (including phenoxy) is 1. The number of hydrogen-bond donors (Lipinski definition) is 3. The molecule has 0 radical (unpaired) electrons. The maximum absolute atomic E-state index is 12.7. The molecule has 0 saturated heterocycles. The fraction of sp³-hybridized carbons (Fsp3) is 0.333. The van der Waals surface area contributed by atoms with Crippen LogP contribution in [0.1, 0.15) is 22.8 Å². The Hall–Kier alpha value is -3.55. The molecule has 0 aromatic heterocycles. The van der Waals surface area contributed by atoms with Gasteiger partial charge in [-0.05, 0) is 37.6 Å². The lowest BCUT2D eigenvalue weighted by atomic mass is 10.1. The van der Waals surface area contributed by atoms with Crippen LogP contribution in [0.15, 0.2) is 41.3 Å². The molecule has 0 heterocycles. The van der Waals surface area contributed by atoms with Gasteiger partial charge in [0.05, 0.1) is 22.0 Å². The third-order valence-corrected chi connectivity index (χ3v) is 6.57. The highest BCUT2D eigenvalue weighted by molar-refractivity contribution is 7.89. The van der Waals surface area contributed by atoms with Crippen molar-refractivity contribution in [3.8, 4) is 0 Å². The first-order chi connectivity index (χ1) is 15.9. The van der Waals surface area contributed by atoms with Crippen molar-refractivity contribution in [3.05, 3.63) is 57.6 Å². The molecule has 2 rings (SSSR count). The van der Waals surface area contributed by atoms with Crippen LogP contribution >= 0.6 is 0 Å². The first-order valence-electron chi connectivity index (χ1n) is 10.1. The molecule has 12 nitrogen and oxygen atoms in total. The fourth-order valence-electron chi connectivity index (χ4n) is 2.78. The molecule has 1 amide bonds. The normalized spacial score (nSPS) is 12.2. The molecule has 34 heavy (non-hydrogen) atoms. The number of non-ortho nitro benzene ring substituents is 1. The molecule has 1 unspecified atom stereocenters. The van der Waals surface area contributed by atoms with Gasteiger partial charge in [-0.1, -0.05) is 6.07 Å². The average Bonchev–Trinajstić information content (AvgIpc) is 2.78. The van der Waals surface area contributed by atoms with Crippen LogP contribution in [-0.4, -0.2) is 68.0 Å². The number of nitro groups is 1. The minimum Gasteiger partial charge on any atom is -0.449 e. The summed E-state index contributed by atoms with van der Waals surface area (Å²) in [6.45, 7) is 2.81. The van der Waals surface area contributed by atoms with Gasteiger partial charge in [-0.15, -0.1) is 0 Å². The van der Waals surface area contributed by atoms with Crippen molar-refractivity contribution < 1.29 is 32.8 Å². The third kappa shape index (κ3) is 6.27. The largest absolute Gasteiger partial charge is 0.449 e. The molecule has 184 valence electrons. The summed E-state index contributed by atoms with van der Waals surface area (Å²) < 4.78 is 31.0. The summed E-state index contributed by atoms with van der Waals surface area (Å²) in [5, 5.41) is 25.4. The predicted molar refractivity (Wildman–Crippen MR) is 124 cm³/mol. The summed E-state index contributed by atoms with van der Waals surface area (Å²) in [6.07, 6.45) is -1.31. The van der Waals surface area contributed by atoms with E-state index in [0.29, 0.717) is 5.56 Å². The number of esters is 1. The standard InChI is InChI=1S/C21H26N4O8S/c1-13-5-7-16(34(31,32)24(3)4)12-19(13)23-20(27)14(2)33-21(28)17-11-15(25(29)30)6-8-18(17)22-9-10-26/h5-8,11-12,14,22,26H,9-10H2,1-4H3,(H,23,27). The second-order valence-electron chi connectivity index (χ2n) is 7.44. The number of aliphatic hydroxyl groups is 1. The van der Waals surface area contributed by atoms with Crippen molar-refractivity contribution in [3.63, 3.8) is 0 Å².